The highest BCUT2D eigenvalue weighted by Gasteiger charge is 2.35. The Hall–Kier alpha value is -1.89. The van der Waals surface area contributed by atoms with Crippen molar-refractivity contribution in [2.24, 2.45) is 12.8 Å². The Bertz CT molecular complexity index is 500. The number of nitrogens with two attached hydrogens (primary N) is 1. The van der Waals surface area contributed by atoms with Gasteiger partial charge in [-0.1, -0.05) is 0 Å². The minimum Gasteiger partial charge on any atom is -0.467 e. The number of rotatable bonds is 3. The molecule has 0 saturated carbocycles. The average molecular weight is 280 g/mol. The van der Waals surface area contributed by atoms with Crippen molar-refractivity contribution < 1.29 is 14.3 Å². The van der Waals surface area contributed by atoms with E-state index in [4.69, 9.17) is 10.5 Å². The van der Waals surface area contributed by atoms with Crippen LogP contribution >= 0.6 is 0 Å². The molecular formula is C13H20N4O3. The molecule has 7 heteroatoms. The Morgan fingerprint density at radius 1 is 1.50 bits per heavy atom. The molecular weight excluding hydrogens is 260 g/mol. The third-order valence-corrected chi connectivity index (χ3v) is 3.61. The summed E-state index contributed by atoms with van der Waals surface area (Å²) in [5.74, 6) is -0.635. The summed E-state index contributed by atoms with van der Waals surface area (Å²) >= 11 is 0. The van der Waals surface area contributed by atoms with Crippen LogP contribution in [0.5, 0.6) is 0 Å². The van der Waals surface area contributed by atoms with Crippen molar-refractivity contribution in [3.05, 3.63) is 18.0 Å². The van der Waals surface area contributed by atoms with Crippen molar-refractivity contribution in [3.8, 4) is 0 Å². The number of methoxy groups -OCH3 is 1. The first-order chi connectivity index (χ1) is 9.54. The number of nitrogens with zero attached hydrogens (tertiary/aromatic N) is 3. The lowest BCUT2D eigenvalue weighted by Crippen LogP contribution is -2.51. The molecule has 0 aromatic carbocycles. The summed E-state index contributed by atoms with van der Waals surface area (Å²) in [6.45, 7) is 0.534. The smallest absolute Gasteiger partial charge is 0.328 e. The number of piperidine rings is 1. The predicted molar refractivity (Wildman–Crippen MR) is 71.5 cm³/mol. The van der Waals surface area contributed by atoms with E-state index in [1.54, 1.807) is 24.1 Å². The maximum absolute atomic E-state index is 12.5. The van der Waals surface area contributed by atoms with Crippen molar-refractivity contribution in [2.75, 3.05) is 13.7 Å². The number of hydrogen-bond acceptors (Lipinski definition) is 5. The van der Waals surface area contributed by atoms with Crippen LogP contribution in [-0.2, 0) is 21.4 Å². The molecule has 1 aliphatic rings. The third-order valence-electron chi connectivity index (χ3n) is 3.61. The molecule has 2 N–H and O–H groups in total. The number of aromatic nitrogens is 2. The summed E-state index contributed by atoms with van der Waals surface area (Å²) in [6.07, 6.45) is 5.68. The number of amides is 1. The van der Waals surface area contributed by atoms with E-state index in [-0.39, 0.29) is 11.9 Å². The van der Waals surface area contributed by atoms with Crippen LogP contribution in [0.15, 0.2) is 12.4 Å². The van der Waals surface area contributed by atoms with Gasteiger partial charge in [-0.25, -0.2) is 4.79 Å². The van der Waals surface area contributed by atoms with E-state index in [2.05, 4.69) is 5.10 Å². The van der Waals surface area contributed by atoms with Crippen LogP contribution in [-0.4, -0.2) is 46.3 Å². The molecule has 110 valence electrons. The maximum atomic E-state index is 12.5. The summed E-state index contributed by atoms with van der Waals surface area (Å²) in [5.41, 5.74) is 6.63. The van der Waals surface area contributed by atoms with Gasteiger partial charge in [0.25, 0.3) is 0 Å². The molecule has 0 bridgehead atoms. The fraction of sp³-hybridized carbons (Fsp3) is 0.615. The second kappa shape index (κ2) is 6.04. The van der Waals surface area contributed by atoms with Crippen LogP contribution < -0.4 is 5.73 Å². The molecule has 1 aromatic rings. The van der Waals surface area contributed by atoms with Crippen LogP contribution in [0, 0.1) is 0 Å². The minimum absolute atomic E-state index is 0.256. The summed E-state index contributed by atoms with van der Waals surface area (Å²) in [7, 11) is 3.10. The number of carbonyl (C=O) groups excluding carboxylic acids is 2. The SMILES string of the molecule is COC(=O)C1CCCCN1C(=O)C(N)c1cnn(C)c1. The molecule has 0 spiro atoms. The standard InChI is InChI=1S/C13H20N4O3/c1-16-8-9(7-15-16)11(14)12(18)17-6-4-3-5-10(17)13(19)20-2/h7-8,10-11H,3-6,14H2,1-2H3. The quantitative estimate of drug-likeness (QED) is 0.785. The Morgan fingerprint density at radius 2 is 2.25 bits per heavy atom. The van der Waals surface area contributed by atoms with Crippen LogP contribution in [0.4, 0.5) is 0 Å². The second-order valence-electron chi connectivity index (χ2n) is 4.99. The van der Waals surface area contributed by atoms with Crippen molar-refractivity contribution in [1.29, 1.82) is 0 Å². The third kappa shape index (κ3) is 2.82. The van der Waals surface area contributed by atoms with Crippen LogP contribution in [0.2, 0.25) is 0 Å². The lowest BCUT2D eigenvalue weighted by molar-refractivity contribution is -0.155. The largest absolute Gasteiger partial charge is 0.467 e. The first kappa shape index (κ1) is 14.5. The van der Waals surface area contributed by atoms with E-state index >= 15 is 0 Å². The lowest BCUT2D eigenvalue weighted by Gasteiger charge is -2.35. The Labute approximate surface area is 117 Å². The van der Waals surface area contributed by atoms with Crippen LogP contribution in [0.3, 0.4) is 0 Å². The molecule has 1 saturated heterocycles. The molecule has 1 fully saturated rings. The first-order valence-corrected chi connectivity index (χ1v) is 6.67. The fourth-order valence-corrected chi connectivity index (χ4v) is 2.50. The van der Waals surface area contributed by atoms with Gasteiger partial charge >= 0.3 is 5.97 Å². The average Bonchev–Trinajstić information content (AvgIpc) is 2.91. The zero-order chi connectivity index (χ0) is 14.7. The van der Waals surface area contributed by atoms with Gasteiger partial charge in [-0.3, -0.25) is 9.48 Å². The van der Waals surface area contributed by atoms with E-state index in [1.807, 2.05) is 0 Å². The van der Waals surface area contributed by atoms with Crippen molar-refractivity contribution >= 4 is 11.9 Å². The Kier molecular flexibility index (Phi) is 4.39. The van der Waals surface area contributed by atoms with Crippen molar-refractivity contribution in [1.82, 2.24) is 14.7 Å². The fourth-order valence-electron chi connectivity index (χ4n) is 2.50. The molecule has 1 aromatic heterocycles. The maximum Gasteiger partial charge on any atom is 0.328 e. The molecule has 0 radical (unpaired) electrons. The van der Waals surface area contributed by atoms with E-state index in [9.17, 15) is 9.59 Å². The highest BCUT2D eigenvalue weighted by Crippen LogP contribution is 2.22. The number of esters is 1. The van der Waals surface area contributed by atoms with Gasteiger partial charge in [-0.05, 0) is 19.3 Å². The highest BCUT2D eigenvalue weighted by atomic mass is 16.5. The van der Waals surface area contributed by atoms with Gasteiger partial charge in [0, 0.05) is 25.4 Å². The second-order valence-corrected chi connectivity index (χ2v) is 4.99. The molecule has 7 nitrogen and oxygen atoms in total. The highest BCUT2D eigenvalue weighted by molar-refractivity contribution is 5.88. The summed E-state index contributed by atoms with van der Waals surface area (Å²) in [6, 6.07) is -1.32. The van der Waals surface area contributed by atoms with Gasteiger partial charge in [-0.15, -0.1) is 0 Å². The minimum atomic E-state index is -0.797. The number of ether oxygens (including phenoxy) is 1. The molecule has 2 heterocycles. The lowest BCUT2D eigenvalue weighted by atomic mass is 10.00. The van der Waals surface area contributed by atoms with Gasteiger partial charge in [0.15, 0.2) is 0 Å². The number of hydrogen-bond donors (Lipinski definition) is 1. The monoisotopic (exact) mass is 280 g/mol. The van der Waals surface area contributed by atoms with Crippen molar-refractivity contribution in [2.45, 2.75) is 31.3 Å². The van der Waals surface area contributed by atoms with Crippen LogP contribution in [0.1, 0.15) is 30.9 Å². The molecule has 1 amide bonds. The number of carbonyl (C=O) groups is 2. The predicted octanol–water partition coefficient (Wildman–Crippen LogP) is -0.0260. The van der Waals surface area contributed by atoms with E-state index in [0.717, 1.165) is 12.8 Å². The topological polar surface area (TPSA) is 90.4 Å². The number of aryl methyl sites for hydroxylation is 1. The molecule has 1 aliphatic heterocycles. The zero-order valence-corrected chi connectivity index (χ0v) is 11.8. The normalized spacial score (nSPS) is 20.6. The van der Waals surface area contributed by atoms with Gasteiger partial charge in [0.2, 0.25) is 5.91 Å². The Morgan fingerprint density at radius 3 is 2.85 bits per heavy atom. The molecule has 2 rings (SSSR count). The Balaban J connectivity index is 2.15. The van der Waals surface area contributed by atoms with Gasteiger partial charge in [0.1, 0.15) is 12.1 Å². The molecule has 20 heavy (non-hydrogen) atoms. The van der Waals surface area contributed by atoms with E-state index in [1.165, 1.54) is 12.0 Å². The summed E-state index contributed by atoms with van der Waals surface area (Å²) < 4.78 is 6.36. The first-order valence-electron chi connectivity index (χ1n) is 6.67. The van der Waals surface area contributed by atoms with E-state index < -0.39 is 12.1 Å². The summed E-state index contributed by atoms with van der Waals surface area (Å²) in [5, 5.41) is 4.01. The summed E-state index contributed by atoms with van der Waals surface area (Å²) in [4.78, 5) is 25.8. The zero-order valence-electron chi connectivity index (χ0n) is 11.8. The van der Waals surface area contributed by atoms with Gasteiger partial charge < -0.3 is 15.4 Å². The molecule has 2 atom stereocenters. The molecule has 0 aliphatic carbocycles. The number of likely N-dealkylation sites (tertiary alicyclic amines) is 1. The van der Waals surface area contributed by atoms with Gasteiger partial charge in [0.05, 0.1) is 13.3 Å². The van der Waals surface area contributed by atoms with E-state index in [0.29, 0.717) is 18.5 Å². The van der Waals surface area contributed by atoms with Crippen LogP contribution in [0.25, 0.3) is 0 Å². The van der Waals surface area contributed by atoms with Gasteiger partial charge in [-0.2, -0.15) is 5.10 Å². The van der Waals surface area contributed by atoms with Crippen molar-refractivity contribution in [3.63, 3.8) is 0 Å². The molecule has 2 unspecified atom stereocenters.